The van der Waals surface area contributed by atoms with Crippen molar-refractivity contribution in [2.24, 2.45) is 5.10 Å². The van der Waals surface area contributed by atoms with Gasteiger partial charge < -0.3 is 5.32 Å². The Labute approximate surface area is 146 Å². The van der Waals surface area contributed by atoms with Gasteiger partial charge in [0.05, 0.1) is 12.3 Å². The number of nitrogens with one attached hydrogen (secondary N) is 1. The van der Waals surface area contributed by atoms with Crippen LogP contribution in [0.3, 0.4) is 0 Å². The number of hydrogen-bond donors (Lipinski definition) is 1. The normalized spacial score (nSPS) is 13.5. The summed E-state index contributed by atoms with van der Waals surface area (Å²) in [6.07, 6.45) is 0.972. The van der Waals surface area contributed by atoms with Gasteiger partial charge in [-0.3, -0.25) is 9.59 Å². The molecule has 0 bridgehead atoms. The summed E-state index contributed by atoms with van der Waals surface area (Å²) in [6.45, 7) is 2.42. The van der Waals surface area contributed by atoms with Gasteiger partial charge in [-0.15, -0.1) is 0 Å². The largest absolute Gasteiger partial charge is 0.311 e. The van der Waals surface area contributed by atoms with Gasteiger partial charge in [0.2, 0.25) is 11.8 Å². The van der Waals surface area contributed by atoms with Crippen molar-refractivity contribution < 1.29 is 9.59 Å². The van der Waals surface area contributed by atoms with E-state index in [1.54, 1.807) is 6.07 Å². The fourth-order valence-corrected chi connectivity index (χ4v) is 2.64. The highest BCUT2D eigenvalue weighted by Crippen LogP contribution is 2.15. The molecule has 1 aliphatic rings. The number of anilines is 1. The first-order valence-corrected chi connectivity index (χ1v) is 8.28. The number of pyridine rings is 1. The Bertz CT molecular complexity index is 802. The van der Waals surface area contributed by atoms with E-state index in [9.17, 15) is 9.59 Å². The molecule has 2 aromatic rings. The topological polar surface area (TPSA) is 74.7 Å². The zero-order valence-corrected chi connectivity index (χ0v) is 14.1. The summed E-state index contributed by atoms with van der Waals surface area (Å²) in [4.78, 5) is 28.4. The maximum atomic E-state index is 12.3. The Balaban J connectivity index is 1.51. The fourth-order valence-electron chi connectivity index (χ4n) is 2.64. The number of hydrogen-bond acceptors (Lipinski definition) is 4. The Morgan fingerprint density at radius 1 is 1.08 bits per heavy atom. The number of carbonyl (C=O) groups is 2. The molecule has 0 spiro atoms. The molecule has 0 aliphatic carbocycles. The van der Waals surface area contributed by atoms with Crippen LogP contribution < -0.4 is 5.32 Å². The number of rotatable bonds is 5. The number of aryl methyl sites for hydroxylation is 1. The predicted octanol–water partition coefficient (Wildman–Crippen LogP) is 2.75. The van der Waals surface area contributed by atoms with Crippen molar-refractivity contribution in [2.75, 3.05) is 11.9 Å². The molecular weight excluding hydrogens is 316 g/mol. The lowest BCUT2D eigenvalue weighted by Gasteiger charge is -2.11. The number of aromatic nitrogens is 1. The van der Waals surface area contributed by atoms with Gasteiger partial charge in [0.1, 0.15) is 5.82 Å². The van der Waals surface area contributed by atoms with Crippen molar-refractivity contribution in [1.82, 2.24) is 9.99 Å². The summed E-state index contributed by atoms with van der Waals surface area (Å²) in [5, 5.41) is 8.55. The quantitative estimate of drug-likeness (QED) is 0.912. The molecule has 128 valence electrons. The molecule has 0 atom stereocenters. The van der Waals surface area contributed by atoms with E-state index in [1.165, 1.54) is 5.01 Å². The molecule has 1 aromatic carbocycles. The van der Waals surface area contributed by atoms with Crippen LogP contribution in [-0.2, 0) is 9.59 Å². The monoisotopic (exact) mass is 336 g/mol. The summed E-state index contributed by atoms with van der Waals surface area (Å²) in [6, 6.07) is 15.2. The maximum absolute atomic E-state index is 12.3. The third-order valence-corrected chi connectivity index (χ3v) is 3.92. The summed E-state index contributed by atoms with van der Waals surface area (Å²) in [7, 11) is 0. The molecule has 1 aliphatic heterocycles. The minimum Gasteiger partial charge on any atom is -0.311 e. The highest BCUT2D eigenvalue weighted by atomic mass is 16.2. The van der Waals surface area contributed by atoms with Gasteiger partial charge in [0.25, 0.3) is 0 Å². The summed E-state index contributed by atoms with van der Waals surface area (Å²) >= 11 is 0. The second kappa shape index (κ2) is 7.70. The smallest absolute Gasteiger partial charge is 0.243 e. The van der Waals surface area contributed by atoms with Crippen molar-refractivity contribution in [3.63, 3.8) is 0 Å². The Kier molecular flexibility index (Phi) is 5.18. The third kappa shape index (κ3) is 4.50. The second-order valence-corrected chi connectivity index (χ2v) is 5.89. The van der Waals surface area contributed by atoms with Crippen LogP contribution in [0.5, 0.6) is 0 Å². The lowest BCUT2D eigenvalue weighted by molar-refractivity contribution is -0.132. The van der Waals surface area contributed by atoms with Crippen LogP contribution in [0.2, 0.25) is 0 Å². The third-order valence-electron chi connectivity index (χ3n) is 3.92. The predicted molar refractivity (Wildman–Crippen MR) is 96.1 cm³/mol. The van der Waals surface area contributed by atoms with Crippen LogP contribution in [0.25, 0.3) is 0 Å². The zero-order valence-electron chi connectivity index (χ0n) is 14.1. The number of carbonyl (C=O) groups excluding carboxylic acids is 2. The fraction of sp³-hybridized carbons (Fsp3) is 0.263. The lowest BCUT2D eigenvalue weighted by Crippen LogP contribution is -2.25. The Hall–Kier alpha value is -3.02. The number of nitrogens with zero attached hydrogens (tertiary/aromatic N) is 3. The van der Waals surface area contributed by atoms with E-state index in [4.69, 9.17) is 0 Å². The van der Waals surface area contributed by atoms with Crippen LogP contribution >= 0.6 is 0 Å². The van der Waals surface area contributed by atoms with Crippen molar-refractivity contribution in [2.45, 2.75) is 26.2 Å². The molecular formula is C19H20N4O2. The van der Waals surface area contributed by atoms with Crippen molar-refractivity contribution in [3.05, 3.63) is 59.8 Å². The van der Waals surface area contributed by atoms with E-state index in [-0.39, 0.29) is 24.7 Å². The molecule has 2 amide bonds. The molecule has 6 heteroatoms. The first kappa shape index (κ1) is 16.8. The molecule has 0 unspecified atom stereocenters. The van der Waals surface area contributed by atoms with E-state index in [0.29, 0.717) is 12.4 Å². The summed E-state index contributed by atoms with van der Waals surface area (Å²) in [5.74, 6) is 0.138. The Morgan fingerprint density at radius 3 is 2.64 bits per heavy atom. The van der Waals surface area contributed by atoms with Crippen molar-refractivity contribution in [3.8, 4) is 0 Å². The SMILES string of the molecule is Cc1cccc(NC(=O)CCC(=O)N2CCC(c3ccccc3)=N2)n1. The number of benzene rings is 1. The van der Waals surface area contributed by atoms with Gasteiger partial charge in [-0.2, -0.15) is 5.10 Å². The molecule has 1 N–H and O–H groups in total. The Morgan fingerprint density at radius 2 is 1.88 bits per heavy atom. The van der Waals surface area contributed by atoms with Crippen molar-refractivity contribution >= 4 is 23.3 Å². The van der Waals surface area contributed by atoms with E-state index in [1.807, 2.05) is 49.4 Å². The maximum Gasteiger partial charge on any atom is 0.243 e. The average molecular weight is 336 g/mol. The van der Waals surface area contributed by atoms with E-state index < -0.39 is 0 Å². The lowest BCUT2D eigenvalue weighted by atomic mass is 10.1. The van der Waals surface area contributed by atoms with Gasteiger partial charge >= 0.3 is 0 Å². The minimum atomic E-state index is -0.224. The van der Waals surface area contributed by atoms with E-state index in [2.05, 4.69) is 15.4 Å². The molecule has 0 saturated heterocycles. The van der Waals surface area contributed by atoms with Gasteiger partial charge in [0, 0.05) is 25.0 Å². The minimum absolute atomic E-state index is 0.112. The summed E-state index contributed by atoms with van der Waals surface area (Å²) < 4.78 is 0. The molecule has 3 rings (SSSR count). The molecule has 1 aromatic heterocycles. The van der Waals surface area contributed by atoms with Gasteiger partial charge in [-0.05, 0) is 24.6 Å². The van der Waals surface area contributed by atoms with Crippen LogP contribution in [0.15, 0.2) is 53.6 Å². The van der Waals surface area contributed by atoms with E-state index in [0.717, 1.165) is 23.4 Å². The molecule has 25 heavy (non-hydrogen) atoms. The summed E-state index contributed by atoms with van der Waals surface area (Å²) in [5.41, 5.74) is 2.76. The molecule has 6 nitrogen and oxygen atoms in total. The number of amides is 2. The molecule has 2 heterocycles. The standard InChI is InChI=1S/C19H20N4O2/c1-14-6-5-9-17(20-14)21-18(24)10-11-19(25)23-13-12-16(22-23)15-7-3-2-4-8-15/h2-9H,10-13H2,1H3,(H,20,21,24). The van der Waals surface area contributed by atoms with Crippen LogP contribution in [-0.4, -0.2) is 34.1 Å². The van der Waals surface area contributed by atoms with Crippen molar-refractivity contribution in [1.29, 1.82) is 0 Å². The highest BCUT2D eigenvalue weighted by Gasteiger charge is 2.21. The zero-order chi connectivity index (χ0) is 17.6. The van der Waals surface area contributed by atoms with Crippen LogP contribution in [0, 0.1) is 6.92 Å². The molecule has 0 radical (unpaired) electrons. The molecule has 0 saturated carbocycles. The highest BCUT2D eigenvalue weighted by molar-refractivity contribution is 6.02. The van der Waals surface area contributed by atoms with E-state index >= 15 is 0 Å². The first-order valence-electron chi connectivity index (χ1n) is 8.28. The van der Waals surface area contributed by atoms with Gasteiger partial charge in [-0.25, -0.2) is 9.99 Å². The number of hydrazone groups is 1. The first-order chi connectivity index (χ1) is 12.1. The van der Waals surface area contributed by atoms with Gasteiger partial charge in [0.15, 0.2) is 0 Å². The molecule has 0 fully saturated rings. The second-order valence-electron chi connectivity index (χ2n) is 5.89. The van der Waals surface area contributed by atoms with Crippen LogP contribution in [0.1, 0.15) is 30.5 Å². The van der Waals surface area contributed by atoms with Gasteiger partial charge in [-0.1, -0.05) is 36.4 Å². The average Bonchev–Trinajstić information content (AvgIpc) is 3.11. The van der Waals surface area contributed by atoms with Crippen LogP contribution in [0.4, 0.5) is 5.82 Å².